The molecule has 2 saturated heterocycles. The fraction of sp³-hybridized carbons (Fsp3) is 0.588. The van der Waals surface area contributed by atoms with Crippen LogP contribution in [0.25, 0.3) is 5.65 Å². The van der Waals surface area contributed by atoms with E-state index in [2.05, 4.69) is 46.1 Å². The van der Waals surface area contributed by atoms with E-state index in [1.54, 1.807) is 0 Å². The summed E-state index contributed by atoms with van der Waals surface area (Å²) in [5, 5.41) is 3.55. The highest BCUT2D eigenvalue weighted by Crippen LogP contribution is 2.35. The zero-order valence-corrected chi connectivity index (χ0v) is 15.3. The molecule has 0 bridgehead atoms. The molecule has 4 rings (SSSR count). The van der Waals surface area contributed by atoms with Gasteiger partial charge in [-0.3, -0.25) is 4.90 Å². The van der Waals surface area contributed by atoms with Crippen molar-refractivity contribution < 1.29 is 0 Å². The van der Waals surface area contributed by atoms with E-state index >= 15 is 0 Å². The number of aromatic nitrogens is 2. The lowest BCUT2D eigenvalue weighted by molar-refractivity contribution is 0.0969. The van der Waals surface area contributed by atoms with Gasteiger partial charge in [-0.25, -0.2) is 4.98 Å². The van der Waals surface area contributed by atoms with E-state index in [1.807, 2.05) is 0 Å². The van der Waals surface area contributed by atoms with Gasteiger partial charge in [-0.2, -0.15) is 0 Å². The first-order chi connectivity index (χ1) is 10.2. The predicted octanol–water partition coefficient (Wildman–Crippen LogP) is 3.06. The van der Waals surface area contributed by atoms with Crippen molar-refractivity contribution in [1.82, 2.24) is 19.6 Å². The molecule has 23 heavy (non-hydrogen) atoms. The summed E-state index contributed by atoms with van der Waals surface area (Å²) in [6.45, 7) is 7.96. The van der Waals surface area contributed by atoms with Gasteiger partial charge in [-0.15, -0.1) is 24.8 Å². The summed E-state index contributed by atoms with van der Waals surface area (Å²) in [5.41, 5.74) is 4.08. The van der Waals surface area contributed by atoms with Gasteiger partial charge in [-0.1, -0.05) is 6.07 Å². The molecule has 1 unspecified atom stereocenters. The zero-order valence-electron chi connectivity index (χ0n) is 13.6. The number of halogens is 2. The summed E-state index contributed by atoms with van der Waals surface area (Å²) >= 11 is 0. The van der Waals surface area contributed by atoms with Gasteiger partial charge in [0.1, 0.15) is 5.65 Å². The van der Waals surface area contributed by atoms with Crippen LogP contribution in [-0.2, 0) is 6.54 Å². The molecule has 0 aromatic carbocycles. The number of aryl methyl sites for hydroxylation is 1. The number of nitrogens with zero attached hydrogens (tertiary/aromatic N) is 3. The summed E-state index contributed by atoms with van der Waals surface area (Å²) in [5.74, 6) is 0. The second kappa shape index (κ2) is 7.39. The Bertz CT molecular complexity index is 649. The lowest BCUT2D eigenvalue weighted by Gasteiger charge is -2.39. The van der Waals surface area contributed by atoms with Gasteiger partial charge in [0, 0.05) is 32.0 Å². The largest absolute Gasteiger partial charge is 0.316 e. The van der Waals surface area contributed by atoms with Crippen LogP contribution < -0.4 is 5.32 Å². The number of rotatable bonds is 2. The molecule has 0 radical (unpaired) electrons. The molecule has 6 heteroatoms. The Labute approximate surface area is 150 Å². The highest BCUT2D eigenvalue weighted by molar-refractivity contribution is 5.85. The van der Waals surface area contributed by atoms with Crippen LogP contribution >= 0.6 is 24.8 Å². The standard InChI is InChI=1S/C17H24N4.2ClH/c1-14-4-2-9-21-11-15(19-16(14)21)10-20-8-3-5-17(13-20)6-7-18-12-17;;/h2,4,9,11,18H,3,5-8,10,12-13H2,1H3;2*1H. The van der Waals surface area contributed by atoms with E-state index in [-0.39, 0.29) is 24.8 Å². The molecule has 0 aliphatic carbocycles. The molecule has 2 aliphatic rings. The molecular weight excluding hydrogens is 331 g/mol. The Morgan fingerprint density at radius 1 is 1.30 bits per heavy atom. The van der Waals surface area contributed by atoms with E-state index in [9.17, 15) is 0 Å². The molecule has 1 N–H and O–H groups in total. The van der Waals surface area contributed by atoms with Crippen molar-refractivity contribution in [3.05, 3.63) is 35.8 Å². The molecule has 4 nitrogen and oxygen atoms in total. The lowest BCUT2D eigenvalue weighted by atomic mass is 9.79. The van der Waals surface area contributed by atoms with Gasteiger partial charge in [-0.05, 0) is 56.3 Å². The smallest absolute Gasteiger partial charge is 0.139 e. The molecule has 1 spiro atoms. The van der Waals surface area contributed by atoms with Crippen LogP contribution in [-0.4, -0.2) is 40.5 Å². The molecule has 128 valence electrons. The Morgan fingerprint density at radius 2 is 2.17 bits per heavy atom. The van der Waals surface area contributed by atoms with Crippen LogP contribution in [0.5, 0.6) is 0 Å². The third-order valence-corrected chi connectivity index (χ3v) is 5.19. The molecule has 2 aliphatic heterocycles. The first-order valence-corrected chi connectivity index (χ1v) is 8.10. The monoisotopic (exact) mass is 356 g/mol. The minimum Gasteiger partial charge on any atom is -0.316 e. The Morgan fingerprint density at radius 3 is 2.91 bits per heavy atom. The third kappa shape index (κ3) is 3.66. The number of imidazole rings is 1. The van der Waals surface area contributed by atoms with E-state index in [4.69, 9.17) is 4.98 Å². The number of hydrogen-bond acceptors (Lipinski definition) is 3. The van der Waals surface area contributed by atoms with Crippen molar-refractivity contribution in [2.45, 2.75) is 32.7 Å². The van der Waals surface area contributed by atoms with Crippen molar-refractivity contribution in [2.24, 2.45) is 5.41 Å². The molecule has 2 aromatic rings. The number of fused-ring (bicyclic) bond motifs is 1. The van der Waals surface area contributed by atoms with Gasteiger partial charge in [0.2, 0.25) is 0 Å². The van der Waals surface area contributed by atoms with Crippen LogP contribution in [0.2, 0.25) is 0 Å². The van der Waals surface area contributed by atoms with Gasteiger partial charge >= 0.3 is 0 Å². The highest BCUT2D eigenvalue weighted by Gasteiger charge is 2.37. The zero-order chi connectivity index (χ0) is 14.3. The summed E-state index contributed by atoms with van der Waals surface area (Å²) < 4.78 is 2.15. The van der Waals surface area contributed by atoms with Crippen LogP contribution in [0.4, 0.5) is 0 Å². The first-order valence-electron chi connectivity index (χ1n) is 8.10. The second-order valence-corrected chi connectivity index (χ2v) is 6.90. The Balaban J connectivity index is 0.000000960. The third-order valence-electron chi connectivity index (χ3n) is 5.19. The van der Waals surface area contributed by atoms with Crippen LogP contribution in [0.1, 0.15) is 30.5 Å². The SMILES string of the molecule is Cc1cccn2cc(CN3CCCC4(CCNC4)C3)nc12.Cl.Cl. The van der Waals surface area contributed by atoms with Gasteiger partial charge in [0.25, 0.3) is 0 Å². The number of piperidine rings is 1. The number of likely N-dealkylation sites (tertiary alicyclic amines) is 1. The van der Waals surface area contributed by atoms with Crippen molar-refractivity contribution in [2.75, 3.05) is 26.2 Å². The number of hydrogen-bond donors (Lipinski definition) is 1. The van der Waals surface area contributed by atoms with E-state index in [0.717, 1.165) is 12.2 Å². The van der Waals surface area contributed by atoms with Crippen molar-refractivity contribution in [3.63, 3.8) is 0 Å². The van der Waals surface area contributed by atoms with Gasteiger partial charge < -0.3 is 9.72 Å². The van der Waals surface area contributed by atoms with Crippen LogP contribution in [0, 0.1) is 12.3 Å². The highest BCUT2D eigenvalue weighted by atomic mass is 35.5. The first kappa shape index (κ1) is 18.5. The second-order valence-electron chi connectivity index (χ2n) is 6.90. The van der Waals surface area contributed by atoms with Crippen molar-refractivity contribution in [3.8, 4) is 0 Å². The van der Waals surface area contributed by atoms with Gasteiger partial charge in [0.15, 0.2) is 0 Å². The normalized spacial score (nSPS) is 24.6. The molecule has 0 saturated carbocycles. The Kier molecular flexibility index (Phi) is 5.95. The molecule has 0 amide bonds. The summed E-state index contributed by atoms with van der Waals surface area (Å²) in [6, 6.07) is 4.22. The van der Waals surface area contributed by atoms with Crippen molar-refractivity contribution in [1.29, 1.82) is 0 Å². The number of pyridine rings is 1. The van der Waals surface area contributed by atoms with E-state index in [0.29, 0.717) is 5.41 Å². The van der Waals surface area contributed by atoms with E-state index in [1.165, 1.54) is 56.7 Å². The summed E-state index contributed by atoms with van der Waals surface area (Å²) in [6.07, 6.45) is 8.34. The molecule has 1 atom stereocenters. The average molecular weight is 357 g/mol. The lowest BCUT2D eigenvalue weighted by Crippen LogP contribution is -2.44. The van der Waals surface area contributed by atoms with Crippen LogP contribution in [0.3, 0.4) is 0 Å². The molecule has 4 heterocycles. The van der Waals surface area contributed by atoms with Crippen LogP contribution in [0.15, 0.2) is 24.5 Å². The molecular formula is C17H26Cl2N4. The van der Waals surface area contributed by atoms with Crippen molar-refractivity contribution >= 4 is 30.5 Å². The predicted molar refractivity (Wildman–Crippen MR) is 98.9 cm³/mol. The molecule has 2 aromatic heterocycles. The van der Waals surface area contributed by atoms with E-state index < -0.39 is 0 Å². The summed E-state index contributed by atoms with van der Waals surface area (Å²) in [4.78, 5) is 7.43. The molecule has 2 fully saturated rings. The summed E-state index contributed by atoms with van der Waals surface area (Å²) in [7, 11) is 0. The quantitative estimate of drug-likeness (QED) is 0.897. The van der Waals surface area contributed by atoms with Gasteiger partial charge in [0.05, 0.1) is 5.69 Å². The maximum atomic E-state index is 4.83. The minimum absolute atomic E-state index is 0. The maximum Gasteiger partial charge on any atom is 0.139 e. The number of nitrogens with one attached hydrogen (secondary N) is 1. The Hall–Kier alpha value is -0.810. The maximum absolute atomic E-state index is 4.83. The fourth-order valence-corrected chi connectivity index (χ4v) is 4.10. The average Bonchev–Trinajstić information content (AvgIpc) is 3.07. The topological polar surface area (TPSA) is 32.6 Å². The minimum atomic E-state index is 0. The fourth-order valence-electron chi connectivity index (χ4n) is 4.10.